The number of esters is 4. The van der Waals surface area contributed by atoms with E-state index in [4.69, 9.17) is 37.0 Å². The van der Waals surface area contributed by atoms with Crippen LogP contribution in [0.3, 0.4) is 0 Å². The van der Waals surface area contributed by atoms with Crippen LogP contribution in [0.1, 0.15) is 375 Å². The molecule has 7 atom stereocenters. The van der Waals surface area contributed by atoms with Gasteiger partial charge in [-0.1, -0.05) is 324 Å². The molecule has 0 heterocycles. The van der Waals surface area contributed by atoms with E-state index < -0.39 is 97.5 Å². The lowest BCUT2D eigenvalue weighted by atomic mass is 10.00. The Bertz CT molecular complexity index is 1790. The fourth-order valence-corrected chi connectivity index (χ4v) is 12.6. The third-order valence-corrected chi connectivity index (χ3v) is 19.6. The smallest absolute Gasteiger partial charge is 0.462 e. The van der Waals surface area contributed by atoms with Gasteiger partial charge in [0.05, 0.1) is 26.4 Å². The Morgan fingerprint density at radius 2 is 0.522 bits per heavy atom. The molecule has 0 amide bonds. The predicted octanol–water partition coefficient (Wildman–Crippen LogP) is 21.2. The van der Waals surface area contributed by atoms with Crippen LogP contribution in [0.5, 0.6) is 0 Å². The largest absolute Gasteiger partial charge is 0.472 e. The maximum absolute atomic E-state index is 13.1. The summed E-state index contributed by atoms with van der Waals surface area (Å²) in [5.41, 5.74) is 0. The van der Waals surface area contributed by atoms with E-state index in [2.05, 4.69) is 41.5 Å². The molecule has 19 heteroatoms. The minimum atomic E-state index is -4.95. The summed E-state index contributed by atoms with van der Waals surface area (Å²) in [5.74, 6) is -0.673. The fraction of sp³-hybridized carbons (Fsp3) is 0.945. The molecule has 3 N–H and O–H groups in total. The molecule has 0 fully saturated rings. The van der Waals surface area contributed by atoms with Crippen molar-refractivity contribution in [3.8, 4) is 0 Å². The Balaban J connectivity index is 5.22. The minimum absolute atomic E-state index is 0.102. The first-order valence-electron chi connectivity index (χ1n) is 38.1. The molecule has 0 spiro atoms. The molecule has 0 saturated heterocycles. The van der Waals surface area contributed by atoms with Gasteiger partial charge in [-0.25, -0.2) is 9.13 Å². The Labute approximate surface area is 562 Å². The molecule has 0 aliphatic heterocycles. The summed E-state index contributed by atoms with van der Waals surface area (Å²) in [6, 6.07) is 0. The van der Waals surface area contributed by atoms with Crippen LogP contribution in [0.25, 0.3) is 0 Å². The van der Waals surface area contributed by atoms with E-state index in [-0.39, 0.29) is 25.7 Å². The molecular formula is C73H142O17P2. The van der Waals surface area contributed by atoms with Crippen LogP contribution in [0, 0.1) is 11.8 Å². The number of ether oxygens (including phenoxy) is 4. The quantitative estimate of drug-likeness (QED) is 0.0222. The van der Waals surface area contributed by atoms with Gasteiger partial charge in [-0.3, -0.25) is 37.3 Å². The average molecular weight is 1350 g/mol. The van der Waals surface area contributed by atoms with E-state index in [1.807, 2.05) is 0 Å². The number of hydrogen-bond acceptors (Lipinski definition) is 15. The van der Waals surface area contributed by atoms with Gasteiger partial charge in [0.25, 0.3) is 0 Å². The highest BCUT2D eigenvalue weighted by atomic mass is 31.2. The first-order valence-corrected chi connectivity index (χ1v) is 41.1. The zero-order chi connectivity index (χ0) is 67.9. The van der Waals surface area contributed by atoms with Crippen molar-refractivity contribution < 1.29 is 80.2 Å². The van der Waals surface area contributed by atoms with Crippen LogP contribution in [0.4, 0.5) is 0 Å². The number of rotatable bonds is 72. The molecule has 0 aliphatic rings. The van der Waals surface area contributed by atoms with Crippen molar-refractivity contribution in [3.63, 3.8) is 0 Å². The van der Waals surface area contributed by atoms with Gasteiger partial charge in [-0.15, -0.1) is 0 Å². The molecule has 0 bridgehead atoms. The summed E-state index contributed by atoms with van der Waals surface area (Å²) >= 11 is 0. The number of phosphoric acid groups is 2. The number of carbonyl (C=O) groups excluding carboxylic acids is 4. The van der Waals surface area contributed by atoms with Gasteiger partial charge in [0.2, 0.25) is 0 Å². The third kappa shape index (κ3) is 64.1. The Kier molecular flexibility index (Phi) is 63.7. The lowest BCUT2D eigenvalue weighted by Crippen LogP contribution is -2.30. The Hall–Kier alpha value is -1.94. The molecule has 0 aromatic carbocycles. The number of aliphatic hydroxyl groups is 1. The molecule has 0 aromatic rings. The van der Waals surface area contributed by atoms with E-state index in [9.17, 15) is 43.2 Å². The van der Waals surface area contributed by atoms with Gasteiger partial charge in [-0.05, 0) is 37.5 Å². The van der Waals surface area contributed by atoms with Crippen molar-refractivity contribution in [1.82, 2.24) is 0 Å². The SMILES string of the molecule is CCCCCCCCCCCCCCCCCCCCCC(=O)O[C@H](COC(=O)CCCCCCCCCCCCCCC)COP(=O)(O)OC[C@@H](O)COP(=O)(O)OC[C@@H](COC(=O)CCCCCCCCC(C)CC)OC(=O)CCCCCCCCC(C)CC. The number of unbranched alkanes of at least 4 members (excludes halogenated alkanes) is 40. The summed E-state index contributed by atoms with van der Waals surface area (Å²) in [4.78, 5) is 72.6. The Morgan fingerprint density at radius 1 is 0.304 bits per heavy atom. The highest BCUT2D eigenvalue weighted by molar-refractivity contribution is 7.47. The molecular weight excluding hydrogens is 1210 g/mol. The zero-order valence-corrected chi connectivity index (χ0v) is 61.6. The van der Waals surface area contributed by atoms with E-state index in [1.54, 1.807) is 0 Å². The number of phosphoric ester groups is 2. The van der Waals surface area contributed by atoms with E-state index in [0.29, 0.717) is 25.7 Å². The topological polar surface area (TPSA) is 237 Å². The van der Waals surface area contributed by atoms with Crippen molar-refractivity contribution in [2.45, 2.75) is 394 Å². The van der Waals surface area contributed by atoms with Gasteiger partial charge in [0, 0.05) is 25.7 Å². The number of hydrogen-bond donors (Lipinski definition) is 3. The molecule has 0 aliphatic carbocycles. The maximum atomic E-state index is 13.1. The monoisotopic (exact) mass is 1350 g/mol. The molecule has 546 valence electrons. The van der Waals surface area contributed by atoms with Crippen molar-refractivity contribution in [2.75, 3.05) is 39.6 Å². The number of aliphatic hydroxyl groups excluding tert-OH is 1. The molecule has 0 rings (SSSR count). The van der Waals surface area contributed by atoms with Crippen LogP contribution in [0.2, 0.25) is 0 Å². The summed E-state index contributed by atoms with van der Waals surface area (Å²) < 4.78 is 68.4. The standard InChI is InChI=1S/C73H142O17P2/c1-7-11-13-15-17-19-21-23-24-25-26-27-28-30-32-34-36-45-51-57-72(77)89-68(61-83-70(75)55-49-43-35-33-31-29-22-20-18-16-14-12-8-2)63-87-91(79,80)85-59-67(74)60-86-92(81,82)88-64-69(90-73(78)58-52-46-40-38-42-48-54-66(6)10-4)62-84-71(76)56-50-44-39-37-41-47-53-65(5)9-3/h65-69,74H,7-64H2,1-6H3,(H,79,80)(H,81,82)/t65?,66?,67-,68-,69-/m1/s1. The molecule has 0 aromatic heterocycles. The van der Waals surface area contributed by atoms with Crippen molar-refractivity contribution in [2.24, 2.45) is 11.8 Å². The molecule has 0 radical (unpaired) electrons. The van der Waals surface area contributed by atoms with Crippen LogP contribution in [-0.4, -0.2) is 96.7 Å². The number of carbonyl (C=O) groups is 4. The minimum Gasteiger partial charge on any atom is -0.462 e. The second-order valence-corrected chi connectivity index (χ2v) is 29.7. The second kappa shape index (κ2) is 65.0. The van der Waals surface area contributed by atoms with Crippen LogP contribution in [-0.2, 0) is 65.4 Å². The van der Waals surface area contributed by atoms with Crippen LogP contribution >= 0.6 is 15.6 Å². The van der Waals surface area contributed by atoms with Gasteiger partial charge >= 0.3 is 39.5 Å². The summed E-state index contributed by atoms with van der Waals surface area (Å²) in [6.07, 6.45) is 51.5. The van der Waals surface area contributed by atoms with Gasteiger partial charge in [0.15, 0.2) is 12.2 Å². The van der Waals surface area contributed by atoms with Crippen molar-refractivity contribution in [1.29, 1.82) is 0 Å². The molecule has 4 unspecified atom stereocenters. The van der Waals surface area contributed by atoms with E-state index in [1.165, 1.54) is 186 Å². The summed E-state index contributed by atoms with van der Waals surface area (Å²) in [7, 11) is -9.90. The summed E-state index contributed by atoms with van der Waals surface area (Å²) in [5, 5.41) is 10.6. The van der Waals surface area contributed by atoms with Crippen LogP contribution in [0.15, 0.2) is 0 Å². The van der Waals surface area contributed by atoms with Crippen molar-refractivity contribution in [3.05, 3.63) is 0 Å². The predicted molar refractivity (Wildman–Crippen MR) is 372 cm³/mol. The normalized spacial score (nSPS) is 14.7. The average Bonchev–Trinajstić information content (AvgIpc) is 3.69. The zero-order valence-electron chi connectivity index (χ0n) is 59.9. The van der Waals surface area contributed by atoms with E-state index >= 15 is 0 Å². The maximum Gasteiger partial charge on any atom is 0.472 e. The molecule has 92 heavy (non-hydrogen) atoms. The highest BCUT2D eigenvalue weighted by Crippen LogP contribution is 2.45. The lowest BCUT2D eigenvalue weighted by Gasteiger charge is -2.21. The summed E-state index contributed by atoms with van der Waals surface area (Å²) in [6.45, 7) is 9.48. The lowest BCUT2D eigenvalue weighted by molar-refractivity contribution is -0.161. The Morgan fingerprint density at radius 3 is 0.772 bits per heavy atom. The van der Waals surface area contributed by atoms with Crippen molar-refractivity contribution >= 4 is 39.5 Å². The molecule has 17 nitrogen and oxygen atoms in total. The van der Waals surface area contributed by atoms with E-state index in [0.717, 1.165) is 108 Å². The van der Waals surface area contributed by atoms with Gasteiger partial charge < -0.3 is 33.8 Å². The second-order valence-electron chi connectivity index (χ2n) is 26.8. The van der Waals surface area contributed by atoms with Gasteiger partial charge in [-0.2, -0.15) is 0 Å². The van der Waals surface area contributed by atoms with Gasteiger partial charge in [0.1, 0.15) is 19.3 Å². The first kappa shape index (κ1) is 90.1. The van der Waals surface area contributed by atoms with Crippen LogP contribution < -0.4 is 0 Å². The fourth-order valence-electron chi connectivity index (χ4n) is 11.1. The third-order valence-electron chi connectivity index (χ3n) is 17.7. The first-order chi connectivity index (χ1) is 44.4. The highest BCUT2D eigenvalue weighted by Gasteiger charge is 2.30. The molecule has 0 saturated carbocycles.